The molecule has 0 aliphatic rings. The number of esters is 1. The highest BCUT2D eigenvalue weighted by Gasteiger charge is 2.15. The molecule has 1 heterocycles. The third-order valence-corrected chi connectivity index (χ3v) is 6.23. The Labute approximate surface area is 191 Å². The minimum absolute atomic E-state index is 0.121. The lowest BCUT2D eigenvalue weighted by Gasteiger charge is -2.05. The van der Waals surface area contributed by atoms with E-state index in [0.717, 1.165) is 17.4 Å². The van der Waals surface area contributed by atoms with Crippen LogP contribution in [0.2, 0.25) is 0 Å². The molecule has 0 spiro atoms. The van der Waals surface area contributed by atoms with Gasteiger partial charge in [-0.15, -0.1) is 0 Å². The smallest absolute Gasteiger partial charge is 0.326 e. The number of amides is 1. The van der Waals surface area contributed by atoms with Gasteiger partial charge in [0.05, 0.1) is 26.6 Å². The van der Waals surface area contributed by atoms with Crippen LogP contribution in [-0.2, 0) is 30.9 Å². The molecule has 0 radical (unpaired) electrons. The summed E-state index contributed by atoms with van der Waals surface area (Å²) < 4.78 is 30.2. The Balaban J connectivity index is 2.03. The third kappa shape index (κ3) is 5.97. The second kappa shape index (κ2) is 9.85. The number of sulfonamides is 1. The molecule has 13 heteroatoms. The fourth-order valence-corrected chi connectivity index (χ4v) is 4.53. The highest BCUT2D eigenvalue weighted by atomic mass is 32.2. The number of rotatable bonds is 7. The van der Waals surface area contributed by atoms with Crippen LogP contribution in [0, 0.1) is 10.1 Å². The zero-order valence-electron chi connectivity index (χ0n) is 17.2. The number of nitro benzene ring substituents is 1. The van der Waals surface area contributed by atoms with Crippen molar-refractivity contribution < 1.29 is 27.7 Å². The molecular formula is C20H18N4O7S2. The molecule has 0 aliphatic heterocycles. The van der Waals surface area contributed by atoms with E-state index in [1.807, 2.05) is 0 Å². The average Bonchev–Trinajstić information content (AvgIpc) is 3.08. The molecular weight excluding hydrogens is 472 g/mol. The number of carbonyl (C=O) groups is 2. The highest BCUT2D eigenvalue weighted by Crippen LogP contribution is 2.21. The summed E-state index contributed by atoms with van der Waals surface area (Å²) in [6, 6.07) is 9.80. The maximum atomic E-state index is 12.4. The fraction of sp³-hybridized carbons (Fsp3) is 0.150. The van der Waals surface area contributed by atoms with Gasteiger partial charge in [0, 0.05) is 18.2 Å². The fourth-order valence-electron chi connectivity index (χ4n) is 2.85. The maximum Gasteiger partial charge on any atom is 0.326 e. The van der Waals surface area contributed by atoms with Gasteiger partial charge in [0.25, 0.3) is 11.6 Å². The van der Waals surface area contributed by atoms with Crippen LogP contribution in [0.15, 0.2) is 58.4 Å². The first-order valence-electron chi connectivity index (χ1n) is 9.41. The van der Waals surface area contributed by atoms with E-state index in [2.05, 4.69) is 4.99 Å². The van der Waals surface area contributed by atoms with Crippen LogP contribution in [0.1, 0.15) is 12.5 Å². The summed E-state index contributed by atoms with van der Waals surface area (Å²) in [7, 11) is -3.95. The van der Waals surface area contributed by atoms with Gasteiger partial charge < -0.3 is 9.30 Å². The molecule has 1 amide bonds. The monoisotopic (exact) mass is 490 g/mol. The maximum absolute atomic E-state index is 12.4. The Morgan fingerprint density at radius 1 is 1.27 bits per heavy atom. The summed E-state index contributed by atoms with van der Waals surface area (Å²) in [5.74, 6) is -1.24. The second-order valence-corrected chi connectivity index (χ2v) is 9.16. The summed E-state index contributed by atoms with van der Waals surface area (Å²) in [4.78, 5) is 38.9. The van der Waals surface area contributed by atoms with E-state index in [0.29, 0.717) is 15.8 Å². The number of thiazole rings is 1. The van der Waals surface area contributed by atoms with Crippen molar-refractivity contribution in [1.29, 1.82) is 0 Å². The van der Waals surface area contributed by atoms with Crippen LogP contribution in [0.25, 0.3) is 16.3 Å². The number of benzene rings is 2. The lowest BCUT2D eigenvalue weighted by Crippen LogP contribution is -2.22. The van der Waals surface area contributed by atoms with Crippen molar-refractivity contribution in [3.05, 3.63) is 69.0 Å². The van der Waals surface area contributed by atoms with Gasteiger partial charge in [-0.25, -0.2) is 13.6 Å². The van der Waals surface area contributed by atoms with Crippen LogP contribution in [0.5, 0.6) is 0 Å². The number of aromatic nitrogens is 1. The van der Waals surface area contributed by atoms with Gasteiger partial charge in [0.15, 0.2) is 4.80 Å². The predicted molar refractivity (Wildman–Crippen MR) is 121 cm³/mol. The number of fused-ring (bicyclic) bond motifs is 1. The largest absolute Gasteiger partial charge is 0.465 e. The number of hydrogen-bond acceptors (Lipinski definition) is 8. The average molecular weight is 491 g/mol. The van der Waals surface area contributed by atoms with Crippen molar-refractivity contribution >= 4 is 55.2 Å². The van der Waals surface area contributed by atoms with Gasteiger partial charge in [-0.1, -0.05) is 23.5 Å². The number of primary sulfonamides is 1. The topological polar surface area (TPSA) is 164 Å². The molecule has 0 fully saturated rings. The van der Waals surface area contributed by atoms with E-state index in [9.17, 15) is 28.1 Å². The van der Waals surface area contributed by atoms with Crippen molar-refractivity contribution in [2.75, 3.05) is 6.61 Å². The van der Waals surface area contributed by atoms with Crippen LogP contribution in [-0.4, -0.2) is 36.4 Å². The molecule has 1 aromatic heterocycles. The Bertz CT molecular complexity index is 1450. The Morgan fingerprint density at radius 3 is 2.70 bits per heavy atom. The molecule has 0 aliphatic carbocycles. The van der Waals surface area contributed by atoms with Gasteiger partial charge in [-0.2, -0.15) is 4.99 Å². The third-order valence-electron chi connectivity index (χ3n) is 4.28. The van der Waals surface area contributed by atoms with Crippen molar-refractivity contribution in [3.63, 3.8) is 0 Å². The van der Waals surface area contributed by atoms with E-state index in [1.54, 1.807) is 13.0 Å². The van der Waals surface area contributed by atoms with Crippen molar-refractivity contribution in [2.45, 2.75) is 18.4 Å². The Morgan fingerprint density at radius 2 is 2.03 bits per heavy atom. The minimum Gasteiger partial charge on any atom is -0.465 e. The zero-order chi connectivity index (χ0) is 24.2. The SMILES string of the molecule is CCOC(=O)Cn1c(=NC(=O)C=Cc2cccc([N+](=O)[O-])c2)sc2cc(S(N)(=O)=O)ccc21. The number of carbonyl (C=O) groups excluding carboxylic acids is 2. The molecule has 2 N–H and O–H groups in total. The first-order valence-corrected chi connectivity index (χ1v) is 11.8. The first kappa shape index (κ1) is 24.0. The molecule has 11 nitrogen and oxygen atoms in total. The number of non-ortho nitro benzene ring substituents is 1. The normalized spacial score (nSPS) is 12.4. The number of ether oxygens (including phenoxy) is 1. The van der Waals surface area contributed by atoms with E-state index in [4.69, 9.17) is 9.88 Å². The molecule has 2 aromatic carbocycles. The van der Waals surface area contributed by atoms with Crippen LogP contribution < -0.4 is 9.94 Å². The quantitative estimate of drug-likeness (QED) is 0.229. The minimum atomic E-state index is -3.95. The predicted octanol–water partition coefficient (Wildman–Crippen LogP) is 1.96. The molecule has 3 aromatic rings. The molecule has 0 saturated heterocycles. The number of nitrogens with two attached hydrogens (primary N) is 1. The molecule has 0 bridgehead atoms. The first-order chi connectivity index (χ1) is 15.6. The van der Waals surface area contributed by atoms with Crippen LogP contribution in [0.3, 0.4) is 0 Å². The molecule has 172 valence electrons. The highest BCUT2D eigenvalue weighted by molar-refractivity contribution is 7.89. The number of nitrogens with zero attached hydrogens (tertiary/aromatic N) is 3. The van der Waals surface area contributed by atoms with Gasteiger partial charge in [-0.05, 0) is 36.8 Å². The van der Waals surface area contributed by atoms with Crippen molar-refractivity contribution in [3.8, 4) is 0 Å². The van der Waals surface area contributed by atoms with Crippen molar-refractivity contribution in [2.24, 2.45) is 10.1 Å². The number of hydrogen-bond donors (Lipinski definition) is 1. The summed E-state index contributed by atoms with van der Waals surface area (Å²) in [5, 5.41) is 16.1. The Hall–Kier alpha value is -3.68. The lowest BCUT2D eigenvalue weighted by atomic mass is 10.2. The van der Waals surface area contributed by atoms with Gasteiger partial charge in [0.1, 0.15) is 6.54 Å². The molecule has 0 saturated carbocycles. The molecule has 0 atom stereocenters. The van der Waals surface area contributed by atoms with E-state index < -0.39 is 26.8 Å². The summed E-state index contributed by atoms with van der Waals surface area (Å²) in [6.45, 7) is 1.57. The second-order valence-electron chi connectivity index (χ2n) is 6.59. The summed E-state index contributed by atoms with van der Waals surface area (Å²) in [6.07, 6.45) is 2.51. The molecule has 0 unspecified atom stereocenters. The lowest BCUT2D eigenvalue weighted by molar-refractivity contribution is -0.384. The van der Waals surface area contributed by atoms with E-state index in [1.165, 1.54) is 47.0 Å². The summed E-state index contributed by atoms with van der Waals surface area (Å²) in [5.41, 5.74) is 0.778. The van der Waals surface area contributed by atoms with Crippen LogP contribution >= 0.6 is 11.3 Å². The molecule has 3 rings (SSSR count). The standard InChI is InChI=1S/C20H18N4O7S2/c1-2-31-19(26)12-23-16-8-7-15(33(21,29)30)11-17(16)32-20(23)22-18(25)9-6-13-4-3-5-14(10-13)24(27)28/h3-11H,2,12H2,1H3,(H2,21,29,30). The summed E-state index contributed by atoms with van der Waals surface area (Å²) >= 11 is 0.995. The van der Waals surface area contributed by atoms with Crippen LogP contribution in [0.4, 0.5) is 5.69 Å². The van der Waals surface area contributed by atoms with E-state index in [-0.39, 0.29) is 28.5 Å². The van der Waals surface area contributed by atoms with Crippen molar-refractivity contribution in [1.82, 2.24) is 4.57 Å². The van der Waals surface area contributed by atoms with Gasteiger partial charge in [0.2, 0.25) is 10.0 Å². The van der Waals surface area contributed by atoms with Gasteiger partial charge >= 0.3 is 5.97 Å². The van der Waals surface area contributed by atoms with Gasteiger partial charge in [-0.3, -0.25) is 19.7 Å². The Kier molecular flexibility index (Phi) is 7.16. The van der Waals surface area contributed by atoms with E-state index >= 15 is 0 Å². The zero-order valence-corrected chi connectivity index (χ0v) is 18.8. The molecule has 33 heavy (non-hydrogen) atoms. The number of nitro groups is 1.